The number of ketones is 1. The lowest BCUT2D eigenvalue weighted by atomic mass is 9.71. The predicted molar refractivity (Wildman–Crippen MR) is 89.9 cm³/mol. The molecule has 1 unspecified atom stereocenters. The van der Waals surface area contributed by atoms with E-state index < -0.39 is 0 Å². The Morgan fingerprint density at radius 2 is 1.91 bits per heavy atom. The molecule has 0 heterocycles. The average Bonchev–Trinajstić information content (AvgIpc) is 2.58. The van der Waals surface area contributed by atoms with Crippen molar-refractivity contribution in [3.05, 3.63) is 35.4 Å². The maximum atomic E-state index is 12.3. The number of methoxy groups -OCH3 is 1. The van der Waals surface area contributed by atoms with Crippen LogP contribution in [-0.4, -0.2) is 12.9 Å². The van der Waals surface area contributed by atoms with Crippen molar-refractivity contribution >= 4 is 11.9 Å². The number of carbonyl (C=O) groups is 1. The number of Topliss-reactive ketones (excluding diaryl/α,β-unsaturated/α-hetero) is 1. The number of ether oxygens (including phenoxy) is 1. The summed E-state index contributed by atoms with van der Waals surface area (Å²) >= 11 is 0. The van der Waals surface area contributed by atoms with Gasteiger partial charge in [-0.05, 0) is 54.0 Å². The summed E-state index contributed by atoms with van der Waals surface area (Å²) in [6.45, 7) is 0. The van der Waals surface area contributed by atoms with E-state index in [1.807, 2.05) is 24.3 Å². The smallest absolute Gasteiger partial charge is 0.158 e. The molecule has 22 heavy (non-hydrogen) atoms. The fourth-order valence-corrected chi connectivity index (χ4v) is 4.06. The van der Waals surface area contributed by atoms with Gasteiger partial charge >= 0.3 is 0 Å². The standard InChI is InChI=1S/C20H26O2/c1-22-19-9-5-6-15(13-19)12-18-14-17(10-11-20(18)21)16-7-3-2-4-8-16/h5-6,9,12-13,16-17H,2-4,7-8,10-11,14H2,1H3/b18-12-. The first kappa shape index (κ1) is 15.3. The fourth-order valence-electron chi connectivity index (χ4n) is 4.06. The SMILES string of the molecule is COc1cccc(/C=C2/CC(C3CCCCC3)CCC2=O)c1. The van der Waals surface area contributed by atoms with Crippen LogP contribution in [0.25, 0.3) is 6.08 Å². The largest absolute Gasteiger partial charge is 0.497 e. The van der Waals surface area contributed by atoms with Crippen LogP contribution in [0.1, 0.15) is 56.9 Å². The van der Waals surface area contributed by atoms with Gasteiger partial charge in [0.1, 0.15) is 5.75 Å². The van der Waals surface area contributed by atoms with Crippen LogP contribution < -0.4 is 4.74 Å². The Labute approximate surface area is 133 Å². The molecule has 1 aromatic rings. The molecule has 0 amide bonds. The average molecular weight is 298 g/mol. The highest BCUT2D eigenvalue weighted by molar-refractivity contribution is 6.00. The van der Waals surface area contributed by atoms with Gasteiger partial charge in [0.25, 0.3) is 0 Å². The second-order valence-corrected chi connectivity index (χ2v) is 6.77. The van der Waals surface area contributed by atoms with Gasteiger partial charge in [0.05, 0.1) is 7.11 Å². The van der Waals surface area contributed by atoms with Gasteiger partial charge in [-0.1, -0.05) is 44.2 Å². The topological polar surface area (TPSA) is 26.3 Å². The van der Waals surface area contributed by atoms with Crippen molar-refractivity contribution in [3.8, 4) is 5.75 Å². The highest BCUT2D eigenvalue weighted by atomic mass is 16.5. The number of hydrogen-bond acceptors (Lipinski definition) is 2. The number of carbonyl (C=O) groups excluding carboxylic acids is 1. The van der Waals surface area contributed by atoms with Crippen molar-refractivity contribution in [2.45, 2.75) is 51.4 Å². The minimum atomic E-state index is 0.342. The molecule has 0 aliphatic heterocycles. The van der Waals surface area contributed by atoms with Gasteiger partial charge in [0, 0.05) is 6.42 Å². The molecule has 1 aromatic carbocycles. The van der Waals surface area contributed by atoms with Crippen molar-refractivity contribution in [1.29, 1.82) is 0 Å². The number of benzene rings is 1. The summed E-state index contributed by atoms with van der Waals surface area (Å²) in [7, 11) is 1.68. The van der Waals surface area contributed by atoms with E-state index >= 15 is 0 Å². The number of allylic oxidation sites excluding steroid dienone is 1. The van der Waals surface area contributed by atoms with Crippen molar-refractivity contribution in [2.75, 3.05) is 7.11 Å². The maximum Gasteiger partial charge on any atom is 0.158 e. The summed E-state index contributed by atoms with van der Waals surface area (Å²) in [6, 6.07) is 7.98. The molecular formula is C20H26O2. The van der Waals surface area contributed by atoms with Crippen LogP contribution in [0.4, 0.5) is 0 Å². The Kier molecular flexibility index (Phi) is 4.97. The first-order valence-electron chi connectivity index (χ1n) is 8.64. The third-order valence-electron chi connectivity index (χ3n) is 5.33. The van der Waals surface area contributed by atoms with E-state index in [4.69, 9.17) is 4.74 Å². The van der Waals surface area contributed by atoms with Gasteiger partial charge < -0.3 is 4.74 Å². The molecule has 0 radical (unpaired) electrons. The molecule has 2 saturated carbocycles. The van der Waals surface area contributed by atoms with E-state index in [1.54, 1.807) is 7.11 Å². The Balaban J connectivity index is 1.75. The van der Waals surface area contributed by atoms with Gasteiger partial charge in [-0.25, -0.2) is 0 Å². The van der Waals surface area contributed by atoms with Crippen molar-refractivity contribution in [2.24, 2.45) is 11.8 Å². The van der Waals surface area contributed by atoms with Gasteiger partial charge in [-0.2, -0.15) is 0 Å². The predicted octanol–water partition coefficient (Wildman–Crippen LogP) is 5.03. The zero-order valence-corrected chi connectivity index (χ0v) is 13.5. The molecular weight excluding hydrogens is 272 g/mol. The molecule has 0 bridgehead atoms. The zero-order valence-electron chi connectivity index (χ0n) is 13.5. The Bertz CT molecular complexity index is 553. The Hall–Kier alpha value is -1.57. The van der Waals surface area contributed by atoms with E-state index in [-0.39, 0.29) is 0 Å². The number of hydrogen-bond donors (Lipinski definition) is 0. The maximum absolute atomic E-state index is 12.3. The van der Waals surface area contributed by atoms with E-state index in [0.29, 0.717) is 5.78 Å². The van der Waals surface area contributed by atoms with E-state index in [0.717, 1.165) is 48.0 Å². The summed E-state index contributed by atoms with van der Waals surface area (Å²) in [6.07, 6.45) is 11.8. The van der Waals surface area contributed by atoms with Crippen molar-refractivity contribution < 1.29 is 9.53 Å². The fraction of sp³-hybridized carbons (Fsp3) is 0.550. The van der Waals surface area contributed by atoms with Gasteiger partial charge in [-0.3, -0.25) is 4.79 Å². The molecule has 0 saturated heterocycles. The van der Waals surface area contributed by atoms with Crippen LogP contribution >= 0.6 is 0 Å². The molecule has 0 aromatic heterocycles. The Morgan fingerprint density at radius 1 is 1.09 bits per heavy atom. The molecule has 2 aliphatic carbocycles. The quantitative estimate of drug-likeness (QED) is 0.732. The van der Waals surface area contributed by atoms with Crippen molar-refractivity contribution in [1.82, 2.24) is 0 Å². The third kappa shape index (κ3) is 3.60. The van der Waals surface area contributed by atoms with Crippen LogP contribution in [0.15, 0.2) is 29.8 Å². The highest BCUT2D eigenvalue weighted by Gasteiger charge is 2.30. The van der Waals surface area contributed by atoms with Crippen molar-refractivity contribution in [3.63, 3.8) is 0 Å². The van der Waals surface area contributed by atoms with Gasteiger partial charge in [-0.15, -0.1) is 0 Å². The first-order valence-corrected chi connectivity index (χ1v) is 8.64. The molecule has 2 aliphatic rings. The molecule has 2 heteroatoms. The molecule has 118 valence electrons. The van der Waals surface area contributed by atoms with E-state index in [1.165, 1.54) is 32.1 Å². The summed E-state index contributed by atoms with van der Waals surface area (Å²) in [4.78, 5) is 12.3. The van der Waals surface area contributed by atoms with E-state index in [2.05, 4.69) is 6.08 Å². The third-order valence-corrected chi connectivity index (χ3v) is 5.33. The second-order valence-electron chi connectivity index (χ2n) is 6.77. The number of rotatable bonds is 3. The molecule has 2 fully saturated rings. The minimum Gasteiger partial charge on any atom is -0.497 e. The molecule has 0 N–H and O–H groups in total. The zero-order chi connectivity index (χ0) is 15.4. The van der Waals surface area contributed by atoms with Crippen LogP contribution in [0.3, 0.4) is 0 Å². The molecule has 0 spiro atoms. The summed E-state index contributed by atoms with van der Waals surface area (Å²) in [5.74, 6) is 2.75. The summed E-state index contributed by atoms with van der Waals surface area (Å²) < 4.78 is 5.27. The van der Waals surface area contributed by atoms with Crippen LogP contribution in [0.2, 0.25) is 0 Å². The molecule has 1 atom stereocenters. The lowest BCUT2D eigenvalue weighted by Gasteiger charge is -2.33. The molecule has 3 rings (SSSR count). The lowest BCUT2D eigenvalue weighted by molar-refractivity contribution is -0.117. The van der Waals surface area contributed by atoms with Crippen LogP contribution in [-0.2, 0) is 4.79 Å². The van der Waals surface area contributed by atoms with Gasteiger partial charge in [0.15, 0.2) is 5.78 Å². The first-order chi connectivity index (χ1) is 10.8. The normalized spacial score (nSPS) is 25.4. The monoisotopic (exact) mass is 298 g/mol. The lowest BCUT2D eigenvalue weighted by Crippen LogP contribution is -2.25. The minimum absolute atomic E-state index is 0.342. The van der Waals surface area contributed by atoms with E-state index in [9.17, 15) is 4.79 Å². The van der Waals surface area contributed by atoms with Crippen LogP contribution in [0.5, 0.6) is 5.75 Å². The second kappa shape index (κ2) is 7.13. The highest BCUT2D eigenvalue weighted by Crippen LogP contribution is 2.39. The van der Waals surface area contributed by atoms with Gasteiger partial charge in [0.2, 0.25) is 0 Å². The Morgan fingerprint density at radius 3 is 2.68 bits per heavy atom. The summed E-state index contributed by atoms with van der Waals surface area (Å²) in [5, 5.41) is 0. The summed E-state index contributed by atoms with van der Waals surface area (Å²) in [5.41, 5.74) is 2.10. The van der Waals surface area contributed by atoms with Crippen LogP contribution in [0, 0.1) is 11.8 Å². The molecule has 2 nitrogen and oxygen atoms in total.